The molecule has 0 radical (unpaired) electrons. The predicted molar refractivity (Wildman–Crippen MR) is 105 cm³/mol. The van der Waals surface area contributed by atoms with Crippen molar-refractivity contribution in [2.45, 2.75) is 0 Å². The van der Waals surface area contributed by atoms with Gasteiger partial charge in [0.15, 0.2) is 16.6 Å². The molecule has 0 atom stereocenters. The first kappa shape index (κ1) is 18.4. The second kappa shape index (κ2) is 7.06. The number of hydrogen-bond acceptors (Lipinski definition) is 5. The summed E-state index contributed by atoms with van der Waals surface area (Å²) in [6, 6.07) is 9.11. The summed E-state index contributed by atoms with van der Waals surface area (Å²) in [5.41, 5.74) is 0.261. The summed E-state index contributed by atoms with van der Waals surface area (Å²) in [6.45, 7) is 0. The monoisotopic (exact) mass is 452 g/mol. The molecule has 2 aromatic rings. The largest absolute Gasteiger partial charge is 0.504 e. The summed E-state index contributed by atoms with van der Waals surface area (Å²) in [5, 5.41) is 22.5. The normalized spacial score (nSPS) is 16.2. The lowest BCUT2D eigenvalue weighted by Crippen LogP contribution is -2.54. The number of amides is 2. The minimum Gasteiger partial charge on any atom is -0.504 e. The quantitative estimate of drug-likeness (QED) is 0.281. The van der Waals surface area contributed by atoms with Crippen molar-refractivity contribution in [3.8, 4) is 11.5 Å². The van der Waals surface area contributed by atoms with Crippen molar-refractivity contribution in [2.24, 2.45) is 0 Å². The Bertz CT molecular complexity index is 975. The predicted octanol–water partition coefficient (Wildman–Crippen LogP) is 3.35. The molecule has 3 N–H and O–H groups in total. The fraction of sp³-hybridized carbons (Fsp3) is 0. The van der Waals surface area contributed by atoms with Gasteiger partial charge in [-0.2, -0.15) is 0 Å². The molecule has 6 nitrogen and oxygen atoms in total. The van der Waals surface area contributed by atoms with Crippen LogP contribution in [0.1, 0.15) is 5.56 Å². The topological polar surface area (TPSA) is 89.9 Å². The molecule has 9 heteroatoms. The zero-order chi connectivity index (χ0) is 19.0. The number of nitrogens with zero attached hydrogens (tertiary/aromatic N) is 1. The summed E-state index contributed by atoms with van der Waals surface area (Å²) in [5.74, 6) is -2.22. The van der Waals surface area contributed by atoms with E-state index in [9.17, 15) is 19.8 Å². The Morgan fingerprint density at radius 2 is 1.77 bits per heavy atom. The van der Waals surface area contributed by atoms with E-state index in [1.54, 1.807) is 24.3 Å². The summed E-state index contributed by atoms with van der Waals surface area (Å²) in [4.78, 5) is 26.3. The highest BCUT2D eigenvalue weighted by molar-refractivity contribution is 9.10. The van der Waals surface area contributed by atoms with Gasteiger partial charge >= 0.3 is 0 Å². The average Bonchev–Trinajstić information content (AvgIpc) is 2.59. The van der Waals surface area contributed by atoms with E-state index < -0.39 is 17.6 Å². The van der Waals surface area contributed by atoms with E-state index in [1.165, 1.54) is 18.2 Å². The van der Waals surface area contributed by atoms with Crippen LogP contribution in [-0.4, -0.2) is 27.1 Å². The van der Waals surface area contributed by atoms with Crippen LogP contribution in [-0.2, 0) is 9.59 Å². The van der Waals surface area contributed by atoms with Crippen LogP contribution in [0.4, 0.5) is 5.69 Å². The van der Waals surface area contributed by atoms with Crippen molar-refractivity contribution in [3.05, 3.63) is 57.0 Å². The highest BCUT2D eigenvalue weighted by Gasteiger charge is 2.34. The molecule has 2 amide bonds. The van der Waals surface area contributed by atoms with E-state index in [0.29, 0.717) is 15.2 Å². The number of carbonyl (C=O) groups is 2. The van der Waals surface area contributed by atoms with Crippen molar-refractivity contribution < 1.29 is 19.8 Å². The smallest absolute Gasteiger partial charge is 0.270 e. The first-order valence-electron chi connectivity index (χ1n) is 7.17. The third kappa shape index (κ3) is 3.31. The van der Waals surface area contributed by atoms with E-state index in [2.05, 4.69) is 21.2 Å². The van der Waals surface area contributed by atoms with E-state index >= 15 is 0 Å². The number of aromatic hydroxyl groups is 2. The van der Waals surface area contributed by atoms with Gasteiger partial charge in [-0.05, 0) is 54.7 Å². The van der Waals surface area contributed by atoms with Crippen molar-refractivity contribution in [3.63, 3.8) is 0 Å². The zero-order valence-corrected chi connectivity index (χ0v) is 16.0. The summed E-state index contributed by atoms with van der Waals surface area (Å²) < 4.78 is 0.395. The highest BCUT2D eigenvalue weighted by atomic mass is 79.9. The van der Waals surface area contributed by atoms with E-state index in [0.717, 1.165) is 4.90 Å². The number of hydrogen-bond donors (Lipinski definition) is 3. The molecular weight excluding hydrogens is 444 g/mol. The molecule has 26 heavy (non-hydrogen) atoms. The first-order valence-corrected chi connectivity index (χ1v) is 8.75. The van der Waals surface area contributed by atoms with Crippen molar-refractivity contribution in [2.75, 3.05) is 4.90 Å². The Hall–Kier alpha value is -2.42. The third-order valence-corrected chi connectivity index (χ3v) is 4.85. The van der Waals surface area contributed by atoms with Crippen LogP contribution in [0, 0.1) is 0 Å². The molecule has 1 aliphatic heterocycles. The molecule has 3 rings (SSSR count). The van der Waals surface area contributed by atoms with Gasteiger partial charge in [0.05, 0.1) is 5.69 Å². The van der Waals surface area contributed by atoms with Gasteiger partial charge in [-0.25, -0.2) is 0 Å². The number of thiocarbonyl (C=S) groups is 1. The lowest BCUT2D eigenvalue weighted by molar-refractivity contribution is -0.122. The maximum atomic E-state index is 12.9. The molecule has 0 saturated carbocycles. The fourth-order valence-electron chi connectivity index (χ4n) is 2.34. The van der Waals surface area contributed by atoms with Crippen molar-refractivity contribution >= 4 is 68.4 Å². The van der Waals surface area contributed by atoms with Crippen LogP contribution in [0.25, 0.3) is 6.08 Å². The maximum Gasteiger partial charge on any atom is 0.270 e. The van der Waals surface area contributed by atoms with Gasteiger partial charge in [-0.3, -0.25) is 19.8 Å². The van der Waals surface area contributed by atoms with Gasteiger partial charge in [-0.15, -0.1) is 0 Å². The maximum absolute atomic E-state index is 12.9. The molecule has 1 saturated heterocycles. The molecule has 0 aromatic heterocycles. The summed E-state index contributed by atoms with van der Waals surface area (Å²) in [7, 11) is 0. The molecule has 0 spiro atoms. The average molecular weight is 454 g/mol. The lowest BCUT2D eigenvalue weighted by atomic mass is 10.1. The number of carbonyl (C=O) groups excluding carboxylic acids is 2. The molecular formula is C17H10BrClN2O4S. The van der Waals surface area contributed by atoms with Gasteiger partial charge in [0.2, 0.25) is 0 Å². The Morgan fingerprint density at radius 1 is 1.12 bits per heavy atom. The molecule has 0 aliphatic carbocycles. The van der Waals surface area contributed by atoms with E-state index in [1.807, 2.05) is 0 Å². The van der Waals surface area contributed by atoms with Crippen LogP contribution >= 0.6 is 39.7 Å². The number of phenolic OH excluding ortho intramolecular Hbond substituents is 2. The Morgan fingerprint density at radius 3 is 2.42 bits per heavy atom. The SMILES string of the molecule is O=C1NC(=S)N(c2ccc(Cl)cc2)C(=O)C1=Cc1c(Br)ccc(O)c1O. The number of anilines is 1. The second-order valence-corrected chi connectivity index (χ2v) is 6.94. The molecule has 1 fully saturated rings. The van der Waals surface area contributed by atoms with Crippen LogP contribution in [0.3, 0.4) is 0 Å². The molecule has 1 heterocycles. The molecule has 0 unspecified atom stereocenters. The van der Waals surface area contributed by atoms with Crippen LogP contribution in [0.2, 0.25) is 5.02 Å². The number of halogens is 2. The fourth-order valence-corrected chi connectivity index (χ4v) is 3.18. The molecule has 2 aromatic carbocycles. The van der Waals surface area contributed by atoms with Gasteiger partial charge in [0.25, 0.3) is 11.8 Å². The standard InChI is InChI=1S/C17H10BrClN2O4S/c18-12-5-6-13(22)14(23)10(12)7-11-15(24)20-17(26)21(16(11)25)9-3-1-8(19)2-4-9/h1-7,22-23H,(H,20,24,26). The number of phenols is 2. The van der Waals surface area contributed by atoms with Gasteiger partial charge in [-0.1, -0.05) is 27.5 Å². The van der Waals surface area contributed by atoms with E-state index in [4.69, 9.17) is 23.8 Å². The third-order valence-electron chi connectivity index (χ3n) is 3.62. The number of rotatable bonds is 2. The second-order valence-electron chi connectivity index (χ2n) is 5.26. The molecule has 1 aliphatic rings. The van der Waals surface area contributed by atoms with Crippen molar-refractivity contribution in [1.82, 2.24) is 5.32 Å². The molecule has 132 valence electrons. The lowest BCUT2D eigenvalue weighted by Gasteiger charge is -2.29. The minimum absolute atomic E-state index is 0.0707. The Labute approximate surface area is 166 Å². The summed E-state index contributed by atoms with van der Waals surface area (Å²) >= 11 is 14.2. The van der Waals surface area contributed by atoms with Crippen LogP contribution in [0.5, 0.6) is 11.5 Å². The molecule has 0 bridgehead atoms. The van der Waals surface area contributed by atoms with E-state index in [-0.39, 0.29) is 22.0 Å². The first-order chi connectivity index (χ1) is 12.3. The van der Waals surface area contributed by atoms with Crippen molar-refractivity contribution in [1.29, 1.82) is 0 Å². The van der Waals surface area contributed by atoms with Gasteiger partial charge in [0.1, 0.15) is 5.57 Å². The number of nitrogens with one attached hydrogen (secondary N) is 1. The number of benzene rings is 2. The summed E-state index contributed by atoms with van der Waals surface area (Å²) in [6.07, 6.45) is 1.18. The van der Waals surface area contributed by atoms with Gasteiger partial charge < -0.3 is 10.2 Å². The zero-order valence-electron chi connectivity index (χ0n) is 12.9. The van der Waals surface area contributed by atoms with Crippen LogP contribution < -0.4 is 10.2 Å². The highest BCUT2D eigenvalue weighted by Crippen LogP contribution is 2.36. The minimum atomic E-state index is -0.708. The Kier molecular flexibility index (Phi) is 4.99. The van der Waals surface area contributed by atoms with Crippen LogP contribution in [0.15, 0.2) is 46.4 Å². The van der Waals surface area contributed by atoms with Gasteiger partial charge in [0, 0.05) is 15.1 Å². The Balaban J connectivity index is 2.09.